The number of halogens is 1. The van der Waals surface area contributed by atoms with Crippen molar-refractivity contribution in [3.05, 3.63) is 72.1 Å². The van der Waals surface area contributed by atoms with E-state index in [9.17, 15) is 9.18 Å². The summed E-state index contributed by atoms with van der Waals surface area (Å²) in [5.41, 5.74) is 2.69. The number of hydrogen-bond acceptors (Lipinski definition) is 7. The lowest BCUT2D eigenvalue weighted by Crippen LogP contribution is -2.25. The van der Waals surface area contributed by atoms with E-state index in [2.05, 4.69) is 20.5 Å². The van der Waals surface area contributed by atoms with Gasteiger partial charge in [-0.1, -0.05) is 0 Å². The fourth-order valence-electron chi connectivity index (χ4n) is 4.39. The second kappa shape index (κ2) is 9.21. The number of carbonyl (C=O) groups excluding carboxylic acids is 1. The number of carbonyl (C=O) groups is 1. The lowest BCUT2D eigenvalue weighted by Gasteiger charge is -2.26. The highest BCUT2D eigenvalue weighted by molar-refractivity contribution is 6.02. The van der Waals surface area contributed by atoms with Crippen LogP contribution < -0.4 is 19.9 Å². The van der Waals surface area contributed by atoms with E-state index >= 15 is 0 Å². The standard InChI is InChI=1S/C25H26FN7O2/c1-31(2)17-8-6-16(7-9-17)28-25(34)24-30-29-22-14-27-23(15-33(22)24)32-12-4-5-21(32)19-13-18(35-3)10-11-20(19)26/h6-11,13-15,21H,4-5,12H2,1-3H3,(H,28,34)/t21-/m1/s1. The SMILES string of the molecule is COc1ccc(F)c([C@H]2CCCN2c2cn3c(C(=O)Nc4ccc(N(C)C)cc4)nnc3cn2)c1. The Morgan fingerprint density at radius 1 is 1.17 bits per heavy atom. The monoisotopic (exact) mass is 475 g/mol. The number of rotatable bonds is 6. The van der Waals surface area contributed by atoms with Crippen LogP contribution >= 0.6 is 0 Å². The van der Waals surface area contributed by atoms with Crippen LogP contribution in [0.25, 0.3) is 5.65 Å². The number of aromatic nitrogens is 4. The van der Waals surface area contributed by atoms with Crippen molar-refractivity contribution in [3.63, 3.8) is 0 Å². The number of ether oxygens (including phenoxy) is 1. The van der Waals surface area contributed by atoms with Gasteiger partial charge >= 0.3 is 0 Å². The number of fused-ring (bicyclic) bond motifs is 1. The van der Waals surface area contributed by atoms with Crippen molar-refractivity contribution < 1.29 is 13.9 Å². The largest absolute Gasteiger partial charge is 0.497 e. The molecule has 1 atom stereocenters. The highest BCUT2D eigenvalue weighted by atomic mass is 19.1. The Bertz CT molecular complexity index is 1370. The van der Waals surface area contributed by atoms with Gasteiger partial charge in [-0.05, 0) is 55.3 Å². The molecule has 0 unspecified atom stereocenters. The van der Waals surface area contributed by atoms with Crippen molar-refractivity contribution in [2.45, 2.75) is 18.9 Å². The van der Waals surface area contributed by atoms with E-state index in [1.165, 1.54) is 6.07 Å². The van der Waals surface area contributed by atoms with Crippen LogP contribution in [0.15, 0.2) is 54.9 Å². The molecular weight excluding hydrogens is 449 g/mol. The van der Waals surface area contributed by atoms with Gasteiger partial charge in [0.25, 0.3) is 5.91 Å². The maximum Gasteiger partial charge on any atom is 0.293 e. The molecule has 1 aliphatic rings. The summed E-state index contributed by atoms with van der Waals surface area (Å²) in [6, 6.07) is 12.1. The topological polar surface area (TPSA) is 87.9 Å². The molecule has 180 valence electrons. The molecule has 10 heteroatoms. The molecule has 0 radical (unpaired) electrons. The number of benzene rings is 2. The Morgan fingerprint density at radius 3 is 2.71 bits per heavy atom. The molecule has 0 saturated carbocycles. The molecule has 0 aliphatic carbocycles. The minimum Gasteiger partial charge on any atom is -0.497 e. The lowest BCUT2D eigenvalue weighted by atomic mass is 10.0. The summed E-state index contributed by atoms with van der Waals surface area (Å²) in [6.07, 6.45) is 4.97. The summed E-state index contributed by atoms with van der Waals surface area (Å²) in [7, 11) is 5.47. The second-order valence-electron chi connectivity index (χ2n) is 8.63. The number of amides is 1. The maximum absolute atomic E-state index is 14.7. The average Bonchev–Trinajstić information content (AvgIpc) is 3.51. The van der Waals surface area contributed by atoms with Crippen molar-refractivity contribution in [1.29, 1.82) is 0 Å². The van der Waals surface area contributed by atoms with Crippen molar-refractivity contribution in [3.8, 4) is 5.75 Å². The quantitative estimate of drug-likeness (QED) is 0.452. The summed E-state index contributed by atoms with van der Waals surface area (Å²) in [5.74, 6) is 0.695. The Kier molecular flexibility index (Phi) is 5.94. The van der Waals surface area contributed by atoms with E-state index in [0.29, 0.717) is 35.0 Å². The summed E-state index contributed by atoms with van der Waals surface area (Å²) in [6.45, 7) is 0.710. The average molecular weight is 476 g/mol. The Hall–Kier alpha value is -4.21. The number of hydrogen-bond donors (Lipinski definition) is 1. The zero-order chi connectivity index (χ0) is 24.5. The van der Waals surface area contributed by atoms with Crippen LogP contribution in [0.5, 0.6) is 5.75 Å². The van der Waals surface area contributed by atoms with Crippen LogP contribution in [0.3, 0.4) is 0 Å². The number of nitrogens with one attached hydrogen (secondary N) is 1. The van der Waals surface area contributed by atoms with E-state index in [-0.39, 0.29) is 23.6 Å². The summed E-state index contributed by atoms with van der Waals surface area (Å²) >= 11 is 0. The third-order valence-electron chi connectivity index (χ3n) is 6.23. The molecule has 1 fully saturated rings. The predicted molar refractivity (Wildman–Crippen MR) is 132 cm³/mol. The first-order valence-electron chi connectivity index (χ1n) is 11.3. The van der Waals surface area contributed by atoms with E-state index in [4.69, 9.17) is 4.74 Å². The van der Waals surface area contributed by atoms with Gasteiger partial charge in [-0.2, -0.15) is 0 Å². The molecule has 5 rings (SSSR count). The Balaban J connectivity index is 1.43. The summed E-state index contributed by atoms with van der Waals surface area (Å²) in [5, 5.41) is 11.0. The zero-order valence-corrected chi connectivity index (χ0v) is 19.8. The summed E-state index contributed by atoms with van der Waals surface area (Å²) < 4.78 is 21.6. The number of nitrogens with zero attached hydrogens (tertiary/aromatic N) is 6. The van der Waals surface area contributed by atoms with Crippen LogP contribution in [-0.4, -0.2) is 53.2 Å². The van der Waals surface area contributed by atoms with Crippen LogP contribution in [0.4, 0.5) is 21.6 Å². The van der Waals surface area contributed by atoms with Gasteiger partial charge in [-0.25, -0.2) is 9.37 Å². The van der Waals surface area contributed by atoms with Crippen molar-refractivity contribution >= 4 is 28.7 Å². The first-order chi connectivity index (χ1) is 16.9. The highest BCUT2D eigenvalue weighted by Gasteiger charge is 2.30. The lowest BCUT2D eigenvalue weighted by molar-refractivity contribution is 0.101. The molecule has 3 heterocycles. The normalized spacial score (nSPS) is 15.4. The van der Waals surface area contributed by atoms with Gasteiger partial charge < -0.3 is 19.9 Å². The Morgan fingerprint density at radius 2 is 1.97 bits per heavy atom. The first kappa shape index (κ1) is 22.6. The smallest absolute Gasteiger partial charge is 0.293 e. The Labute approximate surface area is 202 Å². The molecule has 2 aromatic heterocycles. The molecule has 1 aliphatic heterocycles. The van der Waals surface area contributed by atoms with Gasteiger partial charge in [0, 0.05) is 37.6 Å². The van der Waals surface area contributed by atoms with E-state index in [1.54, 1.807) is 36.0 Å². The van der Waals surface area contributed by atoms with Crippen LogP contribution in [-0.2, 0) is 0 Å². The number of anilines is 3. The van der Waals surface area contributed by atoms with E-state index in [1.807, 2.05) is 48.2 Å². The van der Waals surface area contributed by atoms with E-state index in [0.717, 1.165) is 18.5 Å². The molecule has 1 saturated heterocycles. The highest BCUT2D eigenvalue weighted by Crippen LogP contribution is 2.37. The third kappa shape index (κ3) is 4.34. The van der Waals surface area contributed by atoms with Gasteiger partial charge in [0.15, 0.2) is 5.65 Å². The van der Waals surface area contributed by atoms with Gasteiger partial charge in [0.2, 0.25) is 5.82 Å². The van der Waals surface area contributed by atoms with E-state index < -0.39 is 0 Å². The molecule has 2 aromatic carbocycles. The summed E-state index contributed by atoms with van der Waals surface area (Å²) in [4.78, 5) is 21.6. The first-order valence-corrected chi connectivity index (χ1v) is 11.3. The van der Waals surface area contributed by atoms with Gasteiger partial charge in [0.05, 0.1) is 25.5 Å². The van der Waals surface area contributed by atoms with Gasteiger partial charge in [0.1, 0.15) is 17.4 Å². The van der Waals surface area contributed by atoms with Gasteiger partial charge in [-0.3, -0.25) is 9.20 Å². The zero-order valence-electron chi connectivity index (χ0n) is 19.8. The van der Waals surface area contributed by atoms with Crippen LogP contribution in [0.1, 0.15) is 35.1 Å². The fourth-order valence-corrected chi connectivity index (χ4v) is 4.39. The van der Waals surface area contributed by atoms with Crippen molar-refractivity contribution in [2.75, 3.05) is 42.9 Å². The molecule has 0 bridgehead atoms. The molecule has 1 amide bonds. The molecule has 0 spiro atoms. The molecular formula is C25H26FN7O2. The minimum atomic E-state index is -0.385. The predicted octanol–water partition coefficient (Wildman–Crippen LogP) is 3.93. The minimum absolute atomic E-state index is 0.142. The molecule has 1 N–H and O–H groups in total. The molecule has 4 aromatic rings. The third-order valence-corrected chi connectivity index (χ3v) is 6.23. The maximum atomic E-state index is 14.7. The fraction of sp³-hybridized carbons (Fsp3) is 0.280. The number of methoxy groups -OCH3 is 1. The van der Waals surface area contributed by atoms with Crippen LogP contribution in [0.2, 0.25) is 0 Å². The molecule has 9 nitrogen and oxygen atoms in total. The molecule has 35 heavy (non-hydrogen) atoms. The van der Waals surface area contributed by atoms with Crippen molar-refractivity contribution in [2.24, 2.45) is 0 Å². The van der Waals surface area contributed by atoms with Gasteiger partial charge in [-0.15, -0.1) is 10.2 Å². The second-order valence-corrected chi connectivity index (χ2v) is 8.63. The van der Waals surface area contributed by atoms with Crippen molar-refractivity contribution in [1.82, 2.24) is 19.6 Å². The van der Waals surface area contributed by atoms with Crippen LogP contribution in [0, 0.1) is 5.82 Å².